The minimum absolute atomic E-state index is 0.0452. The number of hydrogen-bond acceptors (Lipinski definition) is 5. The lowest BCUT2D eigenvalue weighted by molar-refractivity contribution is 0.177. The Bertz CT molecular complexity index is 141. The molecule has 0 rings (SSSR count). The van der Waals surface area contributed by atoms with E-state index in [1.807, 2.05) is 20.8 Å². The fourth-order valence-electron chi connectivity index (χ4n) is 0.299. The zero-order chi connectivity index (χ0) is 11.6. The summed E-state index contributed by atoms with van der Waals surface area (Å²) in [5, 5.41) is 15.2. The highest BCUT2D eigenvalue weighted by atomic mass is 31.1. The lowest BCUT2D eigenvalue weighted by Gasteiger charge is -2.11. The number of aliphatic hydroxyl groups excluding tert-OH is 2. The van der Waals surface area contributed by atoms with Crippen molar-refractivity contribution in [3.8, 4) is 0 Å². The van der Waals surface area contributed by atoms with Gasteiger partial charge in [-0.3, -0.25) is 0 Å². The lowest BCUT2D eigenvalue weighted by atomic mass is 9.99. The first-order chi connectivity index (χ1) is 6.37. The molecule has 0 aromatic rings. The molecule has 5 nitrogen and oxygen atoms in total. The Morgan fingerprint density at radius 2 is 1.64 bits per heavy atom. The van der Waals surface area contributed by atoms with E-state index < -0.39 is 8.25 Å². The van der Waals surface area contributed by atoms with Gasteiger partial charge in [0.15, 0.2) is 0 Å². The fraction of sp³-hybridized carbons (Fsp3) is 1.00. The third kappa shape index (κ3) is 17.9. The largest absolute Gasteiger partial charge is 0.697 e. The first-order valence-corrected chi connectivity index (χ1v) is 5.33. The zero-order valence-corrected chi connectivity index (χ0v) is 10.1. The van der Waals surface area contributed by atoms with Crippen LogP contribution in [-0.2, 0) is 13.6 Å². The molecular weight excluding hydrogens is 207 g/mol. The minimum atomic E-state index is -1.89. The smallest absolute Gasteiger partial charge is 0.394 e. The lowest BCUT2D eigenvalue weighted by Crippen LogP contribution is -2.11. The molecule has 0 aromatic heterocycles. The summed E-state index contributed by atoms with van der Waals surface area (Å²) in [5.74, 6) is 0. The maximum Gasteiger partial charge on any atom is 0.697 e. The van der Waals surface area contributed by atoms with Gasteiger partial charge in [-0.2, -0.15) is 0 Å². The van der Waals surface area contributed by atoms with Gasteiger partial charge in [-0.05, 0) is 5.41 Å². The summed E-state index contributed by atoms with van der Waals surface area (Å²) in [4.78, 5) is 0. The van der Waals surface area contributed by atoms with Crippen LogP contribution in [0.15, 0.2) is 0 Å². The van der Waals surface area contributed by atoms with Crippen LogP contribution >= 0.6 is 8.25 Å². The molecular formula is C8H20O5P+. The Balaban J connectivity index is 0. The van der Waals surface area contributed by atoms with Crippen molar-refractivity contribution in [2.75, 3.05) is 26.9 Å². The fourth-order valence-corrected chi connectivity index (χ4v) is 0.897. The molecule has 0 fully saturated rings. The highest BCUT2D eigenvalue weighted by Gasteiger charge is 2.22. The Kier molecular flexibility index (Phi) is 11.1. The molecule has 6 heteroatoms. The van der Waals surface area contributed by atoms with Gasteiger partial charge in [0.2, 0.25) is 0 Å². The van der Waals surface area contributed by atoms with Gasteiger partial charge >= 0.3 is 8.25 Å². The summed E-state index contributed by atoms with van der Waals surface area (Å²) in [6.45, 7) is 6.22. The van der Waals surface area contributed by atoms with Gasteiger partial charge in [0.25, 0.3) is 0 Å². The van der Waals surface area contributed by atoms with Gasteiger partial charge in [-0.1, -0.05) is 20.8 Å². The third-order valence-corrected chi connectivity index (χ3v) is 1.49. The topological polar surface area (TPSA) is 76.0 Å². The maximum absolute atomic E-state index is 10.6. The normalized spacial score (nSPS) is 11.7. The Hall–Kier alpha value is -0.0600. The first-order valence-electron chi connectivity index (χ1n) is 4.23. The summed E-state index contributed by atoms with van der Waals surface area (Å²) in [6, 6.07) is 0. The number of aliphatic hydroxyl groups is 2. The second kappa shape index (κ2) is 9.49. The molecule has 0 heterocycles. The van der Waals surface area contributed by atoms with E-state index in [1.165, 1.54) is 7.11 Å². The maximum atomic E-state index is 10.6. The van der Waals surface area contributed by atoms with Crippen LogP contribution in [0.25, 0.3) is 0 Å². The van der Waals surface area contributed by atoms with Gasteiger partial charge < -0.3 is 10.2 Å². The molecule has 0 aliphatic rings. The van der Waals surface area contributed by atoms with Crippen LogP contribution in [0.1, 0.15) is 20.8 Å². The minimum Gasteiger partial charge on any atom is -0.394 e. The Morgan fingerprint density at radius 3 is 1.86 bits per heavy atom. The van der Waals surface area contributed by atoms with Crippen LogP contribution in [0.3, 0.4) is 0 Å². The molecule has 0 saturated heterocycles. The molecule has 1 atom stereocenters. The zero-order valence-electron chi connectivity index (χ0n) is 9.19. The summed E-state index contributed by atoms with van der Waals surface area (Å²) >= 11 is 0. The average molecular weight is 227 g/mol. The molecule has 0 aromatic carbocycles. The predicted octanol–water partition coefficient (Wildman–Crippen LogP) is 1.32. The highest BCUT2D eigenvalue weighted by molar-refractivity contribution is 7.33. The van der Waals surface area contributed by atoms with E-state index in [9.17, 15) is 4.57 Å². The van der Waals surface area contributed by atoms with Crippen molar-refractivity contribution in [1.29, 1.82) is 0 Å². The molecule has 86 valence electrons. The first kappa shape index (κ1) is 16.4. The standard InChI is InChI=1S/C6H14O3P.C2H6O2/c1-6(2,3)5-9-10(7)8-4;3-1-2-4/h5H2,1-4H3;3-4H,1-2H2/q+1;. The van der Waals surface area contributed by atoms with E-state index in [4.69, 9.17) is 14.7 Å². The van der Waals surface area contributed by atoms with Crippen molar-refractivity contribution >= 4 is 8.25 Å². The van der Waals surface area contributed by atoms with Crippen LogP contribution in [0.2, 0.25) is 0 Å². The van der Waals surface area contributed by atoms with E-state index in [-0.39, 0.29) is 18.6 Å². The molecule has 0 spiro atoms. The van der Waals surface area contributed by atoms with Crippen molar-refractivity contribution in [1.82, 2.24) is 0 Å². The van der Waals surface area contributed by atoms with E-state index >= 15 is 0 Å². The van der Waals surface area contributed by atoms with Crippen LogP contribution in [0.4, 0.5) is 0 Å². The molecule has 2 N–H and O–H groups in total. The van der Waals surface area contributed by atoms with Crippen molar-refractivity contribution < 1.29 is 23.8 Å². The van der Waals surface area contributed by atoms with Crippen LogP contribution < -0.4 is 0 Å². The average Bonchev–Trinajstić information content (AvgIpc) is 2.13. The molecule has 14 heavy (non-hydrogen) atoms. The van der Waals surface area contributed by atoms with Gasteiger partial charge in [0.1, 0.15) is 6.61 Å². The second-order valence-electron chi connectivity index (χ2n) is 3.69. The molecule has 0 bridgehead atoms. The van der Waals surface area contributed by atoms with Crippen molar-refractivity contribution in [3.05, 3.63) is 0 Å². The molecule has 0 aliphatic carbocycles. The quantitative estimate of drug-likeness (QED) is 0.708. The van der Waals surface area contributed by atoms with Gasteiger partial charge in [-0.25, -0.2) is 0 Å². The summed E-state index contributed by atoms with van der Waals surface area (Å²) < 4.78 is 19.8. The van der Waals surface area contributed by atoms with E-state index in [1.54, 1.807) is 0 Å². The highest BCUT2D eigenvalue weighted by Crippen LogP contribution is 2.26. The van der Waals surface area contributed by atoms with Gasteiger partial charge in [0.05, 0.1) is 20.3 Å². The van der Waals surface area contributed by atoms with Gasteiger partial charge in [-0.15, -0.1) is 9.05 Å². The van der Waals surface area contributed by atoms with Crippen LogP contribution in [0, 0.1) is 5.41 Å². The SMILES string of the molecule is CO[P+](=O)OCC(C)(C)C.OCCO. The molecule has 0 amide bonds. The predicted molar refractivity (Wildman–Crippen MR) is 54.2 cm³/mol. The molecule has 0 saturated carbocycles. The van der Waals surface area contributed by atoms with Gasteiger partial charge in [0, 0.05) is 4.57 Å². The number of hydrogen-bond donors (Lipinski definition) is 2. The molecule has 0 radical (unpaired) electrons. The van der Waals surface area contributed by atoms with Crippen molar-refractivity contribution in [2.24, 2.45) is 5.41 Å². The summed E-state index contributed by atoms with van der Waals surface area (Å²) in [5.41, 5.74) is 0.0452. The monoisotopic (exact) mass is 227 g/mol. The molecule has 1 unspecified atom stereocenters. The number of rotatable bonds is 4. The van der Waals surface area contributed by atoms with Crippen LogP contribution in [0.5, 0.6) is 0 Å². The molecule has 0 aliphatic heterocycles. The summed E-state index contributed by atoms with van der Waals surface area (Å²) in [7, 11) is -0.530. The van der Waals surface area contributed by atoms with Crippen molar-refractivity contribution in [3.63, 3.8) is 0 Å². The Labute approximate surface area is 86.0 Å². The van der Waals surface area contributed by atoms with Crippen molar-refractivity contribution in [2.45, 2.75) is 20.8 Å². The van der Waals surface area contributed by atoms with E-state index in [2.05, 4.69) is 4.52 Å². The third-order valence-electron chi connectivity index (χ3n) is 0.852. The second-order valence-corrected chi connectivity index (χ2v) is 4.76. The van der Waals surface area contributed by atoms with Crippen LogP contribution in [-0.4, -0.2) is 37.1 Å². The Morgan fingerprint density at radius 1 is 1.21 bits per heavy atom. The van der Waals surface area contributed by atoms with E-state index in [0.717, 1.165) is 0 Å². The van der Waals surface area contributed by atoms with E-state index in [0.29, 0.717) is 6.61 Å². The summed E-state index contributed by atoms with van der Waals surface area (Å²) in [6.07, 6.45) is 0.